The highest BCUT2D eigenvalue weighted by molar-refractivity contribution is 5.88. The van der Waals surface area contributed by atoms with Crippen LogP contribution in [0.25, 0.3) is 0 Å². The molecule has 1 atom stereocenters. The standard InChI is InChI=1S/C23H30N2O4/c1-16(2)24-23(27)18(4)25(14-19-10-8-9-17(3)13-19)22(26)15-29-21-12-7-6-11-20(21)28-5/h6-13,16,18H,14-15H2,1-5H3,(H,24,27). The molecule has 0 spiro atoms. The SMILES string of the molecule is COc1ccccc1OCC(=O)N(Cc1cccc(C)c1)C(C)C(=O)NC(C)C. The molecule has 29 heavy (non-hydrogen) atoms. The Kier molecular flexibility index (Phi) is 8.07. The molecule has 6 nitrogen and oxygen atoms in total. The first kappa shape index (κ1) is 22.3. The van der Waals surface area contributed by atoms with E-state index in [1.165, 1.54) is 0 Å². The molecular weight excluding hydrogens is 368 g/mol. The van der Waals surface area contributed by atoms with Crippen LogP contribution in [0.1, 0.15) is 31.9 Å². The molecule has 1 N–H and O–H groups in total. The fourth-order valence-electron chi connectivity index (χ4n) is 2.96. The molecule has 0 fully saturated rings. The molecule has 2 aromatic carbocycles. The largest absolute Gasteiger partial charge is 0.493 e. The van der Waals surface area contributed by atoms with Crippen LogP contribution in [0.5, 0.6) is 11.5 Å². The Hall–Kier alpha value is -3.02. The number of hydrogen-bond donors (Lipinski definition) is 1. The van der Waals surface area contributed by atoms with E-state index in [1.807, 2.05) is 57.2 Å². The summed E-state index contributed by atoms with van der Waals surface area (Å²) in [5.41, 5.74) is 2.05. The lowest BCUT2D eigenvalue weighted by Crippen LogP contribution is -2.50. The van der Waals surface area contributed by atoms with E-state index in [-0.39, 0.29) is 24.5 Å². The number of nitrogens with zero attached hydrogens (tertiary/aromatic N) is 1. The highest BCUT2D eigenvalue weighted by atomic mass is 16.5. The molecule has 2 aromatic rings. The Labute approximate surface area is 172 Å². The third kappa shape index (κ3) is 6.52. The first-order valence-electron chi connectivity index (χ1n) is 9.73. The molecule has 6 heteroatoms. The molecule has 0 aromatic heterocycles. The van der Waals surface area contributed by atoms with Crippen molar-refractivity contribution in [2.45, 2.75) is 46.3 Å². The fraction of sp³-hybridized carbons (Fsp3) is 0.391. The van der Waals surface area contributed by atoms with Crippen molar-refractivity contribution in [2.24, 2.45) is 0 Å². The van der Waals surface area contributed by atoms with Crippen LogP contribution in [0.3, 0.4) is 0 Å². The van der Waals surface area contributed by atoms with E-state index in [1.54, 1.807) is 31.1 Å². The summed E-state index contributed by atoms with van der Waals surface area (Å²) in [5.74, 6) is 0.566. The summed E-state index contributed by atoms with van der Waals surface area (Å²) in [4.78, 5) is 27.1. The van der Waals surface area contributed by atoms with E-state index in [0.717, 1.165) is 11.1 Å². The number of carbonyl (C=O) groups is 2. The van der Waals surface area contributed by atoms with Gasteiger partial charge in [-0.1, -0.05) is 42.0 Å². The van der Waals surface area contributed by atoms with Crippen molar-refractivity contribution in [2.75, 3.05) is 13.7 Å². The minimum absolute atomic E-state index is 0.00861. The quantitative estimate of drug-likeness (QED) is 0.704. The Bertz CT molecular complexity index is 835. The van der Waals surface area contributed by atoms with Gasteiger partial charge in [0, 0.05) is 12.6 Å². The number of ether oxygens (including phenoxy) is 2. The van der Waals surface area contributed by atoms with Gasteiger partial charge in [0.2, 0.25) is 5.91 Å². The van der Waals surface area contributed by atoms with Gasteiger partial charge in [0.1, 0.15) is 6.04 Å². The van der Waals surface area contributed by atoms with E-state index in [2.05, 4.69) is 5.32 Å². The van der Waals surface area contributed by atoms with Crippen molar-refractivity contribution in [1.29, 1.82) is 0 Å². The van der Waals surface area contributed by atoms with Gasteiger partial charge in [-0.25, -0.2) is 0 Å². The van der Waals surface area contributed by atoms with Crippen LogP contribution in [0.2, 0.25) is 0 Å². The number of nitrogens with one attached hydrogen (secondary N) is 1. The Morgan fingerprint density at radius 3 is 2.34 bits per heavy atom. The van der Waals surface area contributed by atoms with E-state index in [9.17, 15) is 9.59 Å². The summed E-state index contributed by atoms with van der Waals surface area (Å²) in [5, 5.41) is 2.87. The average molecular weight is 399 g/mol. The van der Waals surface area contributed by atoms with Crippen LogP contribution in [0, 0.1) is 6.92 Å². The minimum atomic E-state index is -0.633. The first-order valence-corrected chi connectivity index (χ1v) is 9.73. The zero-order chi connectivity index (χ0) is 21.4. The minimum Gasteiger partial charge on any atom is -0.493 e. The number of methoxy groups -OCH3 is 1. The number of benzene rings is 2. The number of hydrogen-bond acceptors (Lipinski definition) is 4. The molecule has 0 bridgehead atoms. The topological polar surface area (TPSA) is 67.9 Å². The summed E-state index contributed by atoms with van der Waals surface area (Å²) in [6.45, 7) is 7.64. The second-order valence-corrected chi connectivity index (χ2v) is 7.29. The van der Waals surface area contributed by atoms with E-state index in [0.29, 0.717) is 18.0 Å². The van der Waals surface area contributed by atoms with Gasteiger partial charge in [0.05, 0.1) is 7.11 Å². The maximum atomic E-state index is 13.0. The van der Waals surface area contributed by atoms with Gasteiger partial charge in [0.25, 0.3) is 5.91 Å². The molecule has 156 valence electrons. The summed E-state index contributed by atoms with van der Waals surface area (Å²) in [6.07, 6.45) is 0. The Morgan fingerprint density at radius 1 is 1.03 bits per heavy atom. The molecule has 0 aliphatic heterocycles. The molecule has 0 aliphatic rings. The van der Waals surface area contributed by atoms with Gasteiger partial charge in [-0.3, -0.25) is 9.59 Å². The molecule has 0 aliphatic carbocycles. The fourth-order valence-corrected chi connectivity index (χ4v) is 2.96. The molecule has 0 saturated carbocycles. The molecule has 0 saturated heterocycles. The number of carbonyl (C=O) groups excluding carboxylic acids is 2. The van der Waals surface area contributed by atoms with E-state index < -0.39 is 6.04 Å². The number of para-hydroxylation sites is 2. The van der Waals surface area contributed by atoms with Crippen molar-refractivity contribution in [3.05, 3.63) is 59.7 Å². The van der Waals surface area contributed by atoms with Crippen molar-refractivity contribution in [3.63, 3.8) is 0 Å². The lowest BCUT2D eigenvalue weighted by molar-refractivity contribution is -0.142. The zero-order valence-corrected chi connectivity index (χ0v) is 17.8. The summed E-state index contributed by atoms with van der Waals surface area (Å²) in [7, 11) is 1.55. The monoisotopic (exact) mass is 398 g/mol. The molecular formula is C23H30N2O4. The zero-order valence-electron chi connectivity index (χ0n) is 17.8. The lowest BCUT2D eigenvalue weighted by atomic mass is 10.1. The van der Waals surface area contributed by atoms with Crippen molar-refractivity contribution in [1.82, 2.24) is 10.2 Å². The molecule has 1 unspecified atom stereocenters. The number of amides is 2. The van der Waals surface area contributed by atoms with Crippen LogP contribution in [0.4, 0.5) is 0 Å². The normalized spacial score (nSPS) is 11.7. The van der Waals surface area contributed by atoms with Crippen molar-refractivity contribution < 1.29 is 19.1 Å². The van der Waals surface area contributed by atoms with Gasteiger partial charge in [-0.15, -0.1) is 0 Å². The van der Waals surface area contributed by atoms with Crippen LogP contribution in [-0.4, -0.2) is 42.5 Å². The molecule has 0 radical (unpaired) electrons. The van der Waals surface area contributed by atoms with Crippen molar-refractivity contribution >= 4 is 11.8 Å². The second-order valence-electron chi connectivity index (χ2n) is 7.29. The number of aryl methyl sites for hydroxylation is 1. The smallest absolute Gasteiger partial charge is 0.261 e. The third-order valence-electron chi connectivity index (χ3n) is 4.45. The van der Waals surface area contributed by atoms with Gasteiger partial charge < -0.3 is 19.7 Å². The second kappa shape index (κ2) is 10.5. The van der Waals surface area contributed by atoms with Crippen molar-refractivity contribution in [3.8, 4) is 11.5 Å². The molecule has 2 amide bonds. The molecule has 0 heterocycles. The molecule has 2 rings (SSSR count). The average Bonchev–Trinajstić information content (AvgIpc) is 2.69. The predicted molar refractivity (Wildman–Crippen MR) is 113 cm³/mol. The Morgan fingerprint density at radius 2 is 1.72 bits per heavy atom. The van der Waals surface area contributed by atoms with Crippen LogP contribution in [-0.2, 0) is 16.1 Å². The number of rotatable bonds is 9. The van der Waals surface area contributed by atoms with Crippen LogP contribution >= 0.6 is 0 Å². The first-order chi connectivity index (χ1) is 13.8. The van der Waals surface area contributed by atoms with Crippen LogP contribution < -0.4 is 14.8 Å². The third-order valence-corrected chi connectivity index (χ3v) is 4.45. The van der Waals surface area contributed by atoms with E-state index in [4.69, 9.17) is 9.47 Å². The highest BCUT2D eigenvalue weighted by Gasteiger charge is 2.27. The summed E-state index contributed by atoms with van der Waals surface area (Å²) in [6, 6.07) is 14.4. The van der Waals surface area contributed by atoms with Gasteiger partial charge in [0.15, 0.2) is 18.1 Å². The summed E-state index contributed by atoms with van der Waals surface area (Å²) >= 11 is 0. The summed E-state index contributed by atoms with van der Waals surface area (Å²) < 4.78 is 11.0. The van der Waals surface area contributed by atoms with Gasteiger partial charge in [-0.05, 0) is 45.4 Å². The lowest BCUT2D eigenvalue weighted by Gasteiger charge is -2.29. The Balaban J connectivity index is 2.18. The van der Waals surface area contributed by atoms with E-state index >= 15 is 0 Å². The van der Waals surface area contributed by atoms with Gasteiger partial charge >= 0.3 is 0 Å². The van der Waals surface area contributed by atoms with Crippen LogP contribution in [0.15, 0.2) is 48.5 Å². The predicted octanol–water partition coefficient (Wildman–Crippen LogP) is 3.32. The maximum absolute atomic E-state index is 13.0. The van der Waals surface area contributed by atoms with Gasteiger partial charge in [-0.2, -0.15) is 0 Å². The highest BCUT2D eigenvalue weighted by Crippen LogP contribution is 2.25. The maximum Gasteiger partial charge on any atom is 0.261 e.